The standard InChI is InChI=1S/C21H26Cl2N4O4/c1-11-5-4-6-16(12(11)2)24-19(30)25-17(28)10-27-18(29)21(3,26-20(27)31)14-8-7-13(22)9-15(14)23/h7-9,11-12,16H,4-6,10H2,1-3H3,(H,26,31)(H2,24,25,28,30)/t11-,12-,16+,21+/m1/s1. The number of imide groups is 2. The molecule has 4 atom stereocenters. The van der Waals surface area contributed by atoms with Crippen molar-refractivity contribution in [2.75, 3.05) is 6.54 Å². The fourth-order valence-corrected chi connectivity index (χ4v) is 4.82. The largest absolute Gasteiger partial charge is 0.335 e. The van der Waals surface area contributed by atoms with Crippen LogP contribution in [-0.2, 0) is 15.1 Å². The lowest BCUT2D eigenvalue weighted by Crippen LogP contribution is -2.51. The van der Waals surface area contributed by atoms with Crippen molar-refractivity contribution in [1.29, 1.82) is 0 Å². The van der Waals surface area contributed by atoms with Crippen LogP contribution < -0.4 is 16.0 Å². The molecule has 3 rings (SSSR count). The Kier molecular flexibility index (Phi) is 6.81. The Morgan fingerprint density at radius 1 is 1.23 bits per heavy atom. The molecule has 1 aromatic rings. The second-order valence-electron chi connectivity index (χ2n) is 8.47. The van der Waals surface area contributed by atoms with Gasteiger partial charge in [0, 0.05) is 21.7 Å². The molecule has 2 aliphatic rings. The quantitative estimate of drug-likeness (QED) is 0.588. The third-order valence-electron chi connectivity index (χ3n) is 6.32. The molecule has 6 amide bonds. The summed E-state index contributed by atoms with van der Waals surface area (Å²) in [5.41, 5.74) is -1.09. The van der Waals surface area contributed by atoms with Gasteiger partial charge in [-0.25, -0.2) is 9.59 Å². The number of benzene rings is 1. The molecule has 1 aliphatic carbocycles. The van der Waals surface area contributed by atoms with Crippen molar-refractivity contribution in [2.24, 2.45) is 11.8 Å². The van der Waals surface area contributed by atoms with Gasteiger partial charge in [0.25, 0.3) is 5.91 Å². The van der Waals surface area contributed by atoms with Crippen LogP contribution in [0.3, 0.4) is 0 Å². The molecular formula is C21H26Cl2N4O4. The number of nitrogens with zero attached hydrogens (tertiary/aromatic N) is 1. The lowest BCUT2D eigenvalue weighted by molar-refractivity contribution is -0.134. The van der Waals surface area contributed by atoms with Crippen molar-refractivity contribution < 1.29 is 19.2 Å². The van der Waals surface area contributed by atoms with E-state index in [-0.39, 0.29) is 11.1 Å². The highest BCUT2D eigenvalue weighted by Crippen LogP contribution is 2.35. The van der Waals surface area contributed by atoms with Crippen molar-refractivity contribution in [1.82, 2.24) is 20.9 Å². The van der Waals surface area contributed by atoms with Gasteiger partial charge in [0.15, 0.2) is 0 Å². The first-order valence-electron chi connectivity index (χ1n) is 10.2. The topological polar surface area (TPSA) is 108 Å². The molecule has 0 radical (unpaired) electrons. The molecule has 1 saturated heterocycles. The van der Waals surface area contributed by atoms with E-state index in [0.717, 1.165) is 24.2 Å². The second-order valence-corrected chi connectivity index (χ2v) is 9.31. The first-order valence-corrected chi connectivity index (χ1v) is 11.0. The maximum absolute atomic E-state index is 13.0. The van der Waals surface area contributed by atoms with E-state index in [1.807, 2.05) is 0 Å². The summed E-state index contributed by atoms with van der Waals surface area (Å²) in [5, 5.41) is 8.21. The van der Waals surface area contributed by atoms with E-state index in [4.69, 9.17) is 23.2 Å². The molecule has 1 aromatic carbocycles. The molecule has 1 heterocycles. The van der Waals surface area contributed by atoms with Crippen LogP contribution in [0, 0.1) is 11.8 Å². The molecule has 1 saturated carbocycles. The van der Waals surface area contributed by atoms with Gasteiger partial charge in [-0.3, -0.25) is 19.8 Å². The molecular weight excluding hydrogens is 443 g/mol. The Bertz CT molecular complexity index is 925. The van der Waals surface area contributed by atoms with E-state index in [0.29, 0.717) is 22.4 Å². The average molecular weight is 469 g/mol. The smallest absolute Gasteiger partial charge is 0.325 e. The summed E-state index contributed by atoms with van der Waals surface area (Å²) >= 11 is 12.1. The number of urea groups is 2. The lowest BCUT2D eigenvalue weighted by atomic mass is 9.78. The number of halogens is 2. The molecule has 0 spiro atoms. The van der Waals surface area contributed by atoms with Crippen molar-refractivity contribution >= 4 is 47.1 Å². The molecule has 168 valence electrons. The number of nitrogens with one attached hydrogen (secondary N) is 3. The van der Waals surface area contributed by atoms with Gasteiger partial charge in [-0.1, -0.05) is 56.0 Å². The normalized spacial score (nSPS) is 28.3. The molecule has 0 unspecified atom stereocenters. The van der Waals surface area contributed by atoms with Crippen LogP contribution in [-0.4, -0.2) is 41.4 Å². The van der Waals surface area contributed by atoms with Crippen molar-refractivity contribution in [2.45, 2.75) is 51.6 Å². The predicted octanol–water partition coefficient (Wildman–Crippen LogP) is 3.41. The van der Waals surface area contributed by atoms with Gasteiger partial charge in [-0.05, 0) is 37.3 Å². The maximum atomic E-state index is 13.0. The second kappa shape index (κ2) is 9.04. The minimum absolute atomic E-state index is 0.0244. The van der Waals surface area contributed by atoms with E-state index >= 15 is 0 Å². The summed E-state index contributed by atoms with van der Waals surface area (Å²) in [6, 6.07) is 3.17. The highest BCUT2D eigenvalue weighted by Gasteiger charge is 2.50. The zero-order chi connectivity index (χ0) is 22.9. The highest BCUT2D eigenvalue weighted by atomic mass is 35.5. The Labute approximate surface area is 191 Å². The molecule has 3 N–H and O–H groups in total. The number of hydrogen-bond acceptors (Lipinski definition) is 4. The number of carbonyl (C=O) groups excluding carboxylic acids is 4. The third kappa shape index (κ3) is 4.80. The summed E-state index contributed by atoms with van der Waals surface area (Å²) in [6.45, 7) is 5.13. The van der Waals surface area contributed by atoms with Crippen LogP contribution in [0.2, 0.25) is 10.0 Å². The van der Waals surface area contributed by atoms with Crippen molar-refractivity contribution in [3.63, 3.8) is 0 Å². The highest BCUT2D eigenvalue weighted by molar-refractivity contribution is 6.35. The van der Waals surface area contributed by atoms with E-state index < -0.39 is 36.0 Å². The Hall–Kier alpha value is -2.32. The van der Waals surface area contributed by atoms with Gasteiger partial charge in [-0.2, -0.15) is 0 Å². The summed E-state index contributed by atoms with van der Waals surface area (Å²) < 4.78 is 0. The maximum Gasteiger partial charge on any atom is 0.325 e. The minimum atomic E-state index is -1.45. The van der Waals surface area contributed by atoms with Gasteiger partial charge in [0.05, 0.1) is 0 Å². The van der Waals surface area contributed by atoms with Gasteiger partial charge < -0.3 is 10.6 Å². The fraction of sp³-hybridized carbons (Fsp3) is 0.524. The van der Waals surface area contributed by atoms with E-state index in [2.05, 4.69) is 29.8 Å². The summed E-state index contributed by atoms with van der Waals surface area (Å²) in [7, 11) is 0. The lowest BCUT2D eigenvalue weighted by Gasteiger charge is -2.34. The molecule has 2 fully saturated rings. The zero-order valence-electron chi connectivity index (χ0n) is 17.6. The first kappa shape index (κ1) is 23.3. The van der Waals surface area contributed by atoms with Crippen LogP contribution in [0.4, 0.5) is 9.59 Å². The van der Waals surface area contributed by atoms with Crippen LogP contribution >= 0.6 is 23.2 Å². The number of carbonyl (C=O) groups is 4. The molecule has 8 nitrogen and oxygen atoms in total. The zero-order valence-corrected chi connectivity index (χ0v) is 19.1. The predicted molar refractivity (Wildman–Crippen MR) is 117 cm³/mol. The molecule has 1 aliphatic heterocycles. The minimum Gasteiger partial charge on any atom is -0.335 e. The number of amides is 6. The Morgan fingerprint density at radius 3 is 2.61 bits per heavy atom. The number of hydrogen-bond donors (Lipinski definition) is 3. The number of rotatable bonds is 4. The van der Waals surface area contributed by atoms with Crippen LogP contribution in [0.25, 0.3) is 0 Å². The molecule has 31 heavy (non-hydrogen) atoms. The summed E-state index contributed by atoms with van der Waals surface area (Å²) in [5.74, 6) is -0.626. The Balaban J connectivity index is 1.63. The van der Waals surface area contributed by atoms with Crippen LogP contribution in [0.1, 0.15) is 45.6 Å². The first-order chi connectivity index (χ1) is 14.5. The third-order valence-corrected chi connectivity index (χ3v) is 6.87. The monoisotopic (exact) mass is 468 g/mol. The van der Waals surface area contributed by atoms with E-state index in [1.54, 1.807) is 12.1 Å². The van der Waals surface area contributed by atoms with Crippen LogP contribution in [0.5, 0.6) is 0 Å². The Morgan fingerprint density at radius 2 is 1.94 bits per heavy atom. The SMILES string of the molecule is C[C@@H]1[C@H](C)CCC[C@@H]1NC(=O)NC(=O)CN1C(=O)N[C@@](C)(c2ccc(Cl)cc2Cl)C1=O. The van der Waals surface area contributed by atoms with Gasteiger partial charge in [0.1, 0.15) is 12.1 Å². The van der Waals surface area contributed by atoms with Crippen LogP contribution in [0.15, 0.2) is 18.2 Å². The summed E-state index contributed by atoms with van der Waals surface area (Å²) in [4.78, 5) is 50.8. The van der Waals surface area contributed by atoms with Gasteiger partial charge in [-0.15, -0.1) is 0 Å². The fourth-order valence-electron chi connectivity index (χ4n) is 4.22. The van der Waals surface area contributed by atoms with Crippen molar-refractivity contribution in [3.8, 4) is 0 Å². The van der Waals surface area contributed by atoms with E-state index in [9.17, 15) is 19.2 Å². The molecule has 0 aromatic heterocycles. The van der Waals surface area contributed by atoms with Gasteiger partial charge >= 0.3 is 12.1 Å². The van der Waals surface area contributed by atoms with Crippen molar-refractivity contribution in [3.05, 3.63) is 33.8 Å². The molecule has 0 bridgehead atoms. The summed E-state index contributed by atoms with van der Waals surface area (Å²) in [6.07, 6.45) is 2.97. The molecule has 10 heteroatoms. The van der Waals surface area contributed by atoms with Gasteiger partial charge in [0.2, 0.25) is 5.91 Å². The average Bonchev–Trinajstić information content (AvgIpc) is 2.89. The van der Waals surface area contributed by atoms with E-state index in [1.165, 1.54) is 13.0 Å².